The summed E-state index contributed by atoms with van der Waals surface area (Å²) in [6.45, 7) is 6.79. The molecule has 5 nitrogen and oxygen atoms in total. The van der Waals surface area contributed by atoms with Gasteiger partial charge < -0.3 is 9.64 Å². The Hall–Kier alpha value is -1.36. The Balaban J connectivity index is 1.89. The normalized spacial score (nSPS) is 16.3. The zero-order valence-corrected chi connectivity index (χ0v) is 11.4. The molecule has 18 heavy (non-hydrogen) atoms. The smallest absolute Gasteiger partial charge is 0.410 e. The standard InChI is InChI=1S/C12H16ClN3O2/c1-12(2,3)18-11(17)16-5-8(6-16)9-4-10(13)15-7-14-9/h4,7-8H,5-6H2,1-3H3. The third-order valence-corrected chi connectivity index (χ3v) is 2.81. The van der Waals surface area contributed by atoms with Crippen molar-refractivity contribution in [2.75, 3.05) is 13.1 Å². The average Bonchev–Trinajstić information content (AvgIpc) is 2.11. The molecule has 1 aliphatic heterocycles. The second-order valence-corrected chi connectivity index (χ2v) is 5.74. The summed E-state index contributed by atoms with van der Waals surface area (Å²) in [7, 11) is 0. The topological polar surface area (TPSA) is 55.3 Å². The maximum absolute atomic E-state index is 11.7. The van der Waals surface area contributed by atoms with Crippen molar-refractivity contribution in [1.82, 2.24) is 14.9 Å². The van der Waals surface area contributed by atoms with E-state index in [1.807, 2.05) is 20.8 Å². The number of hydrogen-bond acceptors (Lipinski definition) is 4. The minimum absolute atomic E-state index is 0.220. The third-order valence-electron chi connectivity index (χ3n) is 2.61. The molecule has 0 aliphatic carbocycles. The average molecular weight is 270 g/mol. The molecule has 1 aromatic heterocycles. The van der Waals surface area contributed by atoms with Gasteiger partial charge in [-0.15, -0.1) is 0 Å². The van der Waals surface area contributed by atoms with Gasteiger partial charge in [-0.05, 0) is 26.8 Å². The van der Waals surface area contributed by atoms with Gasteiger partial charge in [0.05, 0.1) is 5.69 Å². The quantitative estimate of drug-likeness (QED) is 0.735. The molecule has 1 saturated heterocycles. The van der Waals surface area contributed by atoms with E-state index in [-0.39, 0.29) is 12.0 Å². The van der Waals surface area contributed by atoms with E-state index < -0.39 is 5.60 Å². The predicted molar refractivity (Wildman–Crippen MR) is 67.6 cm³/mol. The summed E-state index contributed by atoms with van der Waals surface area (Å²) in [5.74, 6) is 0.220. The first kappa shape index (κ1) is 13.1. The van der Waals surface area contributed by atoms with Crippen molar-refractivity contribution in [2.24, 2.45) is 0 Å². The number of halogens is 1. The number of carbonyl (C=O) groups is 1. The highest BCUT2D eigenvalue weighted by molar-refractivity contribution is 6.29. The monoisotopic (exact) mass is 269 g/mol. The Labute approximate surface area is 111 Å². The summed E-state index contributed by atoms with van der Waals surface area (Å²) in [5.41, 5.74) is 0.412. The van der Waals surface area contributed by atoms with Crippen LogP contribution in [0.2, 0.25) is 5.15 Å². The molecule has 0 bridgehead atoms. The fourth-order valence-electron chi connectivity index (χ4n) is 1.71. The highest BCUT2D eigenvalue weighted by Gasteiger charge is 2.35. The summed E-state index contributed by atoms with van der Waals surface area (Å²) >= 11 is 5.80. The van der Waals surface area contributed by atoms with Crippen molar-refractivity contribution >= 4 is 17.7 Å². The minimum Gasteiger partial charge on any atom is -0.444 e. The first-order valence-electron chi connectivity index (χ1n) is 5.80. The Kier molecular flexibility index (Phi) is 3.43. The second-order valence-electron chi connectivity index (χ2n) is 5.35. The third kappa shape index (κ3) is 3.10. The Morgan fingerprint density at radius 2 is 2.11 bits per heavy atom. The maximum atomic E-state index is 11.7. The van der Waals surface area contributed by atoms with E-state index in [0.717, 1.165) is 5.69 Å². The van der Waals surface area contributed by atoms with Crippen LogP contribution in [0.4, 0.5) is 4.79 Å². The first-order valence-corrected chi connectivity index (χ1v) is 6.18. The Morgan fingerprint density at radius 3 is 2.67 bits per heavy atom. The molecular formula is C12H16ClN3O2. The summed E-state index contributed by atoms with van der Waals surface area (Å²) < 4.78 is 5.28. The largest absolute Gasteiger partial charge is 0.444 e. The van der Waals surface area contributed by atoms with Crippen LogP contribution in [0.15, 0.2) is 12.4 Å². The maximum Gasteiger partial charge on any atom is 0.410 e. The van der Waals surface area contributed by atoms with Crippen LogP contribution in [-0.4, -0.2) is 39.7 Å². The molecule has 0 atom stereocenters. The van der Waals surface area contributed by atoms with Crippen LogP contribution in [0.5, 0.6) is 0 Å². The highest BCUT2D eigenvalue weighted by atomic mass is 35.5. The van der Waals surface area contributed by atoms with Crippen LogP contribution in [0, 0.1) is 0 Å². The van der Waals surface area contributed by atoms with E-state index in [1.54, 1.807) is 11.0 Å². The summed E-state index contributed by atoms with van der Waals surface area (Å²) in [6.07, 6.45) is 1.16. The summed E-state index contributed by atoms with van der Waals surface area (Å²) in [5, 5.41) is 0.427. The predicted octanol–water partition coefficient (Wildman–Crippen LogP) is 2.46. The van der Waals surface area contributed by atoms with Crippen molar-refractivity contribution in [3.63, 3.8) is 0 Å². The number of likely N-dealkylation sites (tertiary alicyclic amines) is 1. The molecule has 98 valence electrons. The second kappa shape index (κ2) is 4.72. The number of aromatic nitrogens is 2. The van der Waals surface area contributed by atoms with Crippen molar-refractivity contribution < 1.29 is 9.53 Å². The van der Waals surface area contributed by atoms with Crippen molar-refractivity contribution in [3.8, 4) is 0 Å². The summed E-state index contributed by atoms with van der Waals surface area (Å²) in [6, 6.07) is 1.73. The van der Waals surface area contributed by atoms with Gasteiger partial charge in [0.15, 0.2) is 0 Å². The minimum atomic E-state index is -0.458. The van der Waals surface area contributed by atoms with Gasteiger partial charge in [0, 0.05) is 19.0 Å². The highest BCUT2D eigenvalue weighted by Crippen LogP contribution is 2.27. The van der Waals surface area contributed by atoms with Crippen LogP contribution in [0.25, 0.3) is 0 Å². The van der Waals surface area contributed by atoms with E-state index >= 15 is 0 Å². The lowest BCUT2D eigenvalue weighted by atomic mass is 9.97. The van der Waals surface area contributed by atoms with Crippen molar-refractivity contribution in [1.29, 1.82) is 0 Å². The number of ether oxygens (including phenoxy) is 1. The van der Waals surface area contributed by atoms with Crippen molar-refractivity contribution in [3.05, 3.63) is 23.2 Å². The zero-order chi connectivity index (χ0) is 13.3. The van der Waals surface area contributed by atoms with E-state index in [0.29, 0.717) is 18.2 Å². The molecule has 6 heteroatoms. The SMILES string of the molecule is CC(C)(C)OC(=O)N1CC(c2cc(Cl)ncn2)C1. The molecule has 1 aliphatic rings. The molecule has 1 amide bonds. The molecule has 2 rings (SSSR count). The lowest BCUT2D eigenvalue weighted by molar-refractivity contribution is 0.00787. The van der Waals surface area contributed by atoms with Crippen LogP contribution in [0.3, 0.4) is 0 Å². The zero-order valence-electron chi connectivity index (χ0n) is 10.7. The number of hydrogen-bond donors (Lipinski definition) is 0. The van der Waals surface area contributed by atoms with Gasteiger partial charge in [-0.25, -0.2) is 14.8 Å². The molecule has 0 spiro atoms. The van der Waals surface area contributed by atoms with Gasteiger partial charge in [0.1, 0.15) is 17.1 Å². The number of rotatable bonds is 1. The number of carbonyl (C=O) groups excluding carboxylic acids is 1. The van der Waals surface area contributed by atoms with Gasteiger partial charge in [-0.1, -0.05) is 11.6 Å². The molecule has 2 heterocycles. The van der Waals surface area contributed by atoms with Crippen LogP contribution in [-0.2, 0) is 4.74 Å². The van der Waals surface area contributed by atoms with E-state index in [4.69, 9.17) is 16.3 Å². The first-order chi connectivity index (χ1) is 8.35. The Morgan fingerprint density at radius 1 is 1.44 bits per heavy atom. The van der Waals surface area contributed by atoms with E-state index in [1.165, 1.54) is 6.33 Å². The van der Waals surface area contributed by atoms with Gasteiger partial charge >= 0.3 is 6.09 Å². The van der Waals surface area contributed by atoms with Crippen LogP contribution in [0.1, 0.15) is 32.4 Å². The molecule has 0 saturated carbocycles. The molecular weight excluding hydrogens is 254 g/mol. The Bertz CT molecular complexity index is 453. The molecule has 0 N–H and O–H groups in total. The molecule has 1 fully saturated rings. The fraction of sp³-hybridized carbons (Fsp3) is 0.583. The lowest BCUT2D eigenvalue weighted by Crippen LogP contribution is -2.50. The molecule has 0 radical (unpaired) electrons. The number of nitrogens with zero attached hydrogens (tertiary/aromatic N) is 3. The molecule has 0 unspecified atom stereocenters. The lowest BCUT2D eigenvalue weighted by Gasteiger charge is -2.39. The van der Waals surface area contributed by atoms with Crippen LogP contribution < -0.4 is 0 Å². The van der Waals surface area contributed by atoms with Gasteiger partial charge in [-0.2, -0.15) is 0 Å². The summed E-state index contributed by atoms with van der Waals surface area (Å²) in [4.78, 5) is 21.4. The van der Waals surface area contributed by atoms with Gasteiger partial charge in [0.25, 0.3) is 0 Å². The van der Waals surface area contributed by atoms with Crippen molar-refractivity contribution in [2.45, 2.75) is 32.3 Å². The van der Waals surface area contributed by atoms with E-state index in [9.17, 15) is 4.79 Å². The number of amides is 1. The van der Waals surface area contributed by atoms with Gasteiger partial charge in [0.2, 0.25) is 0 Å². The fourth-order valence-corrected chi connectivity index (χ4v) is 1.87. The van der Waals surface area contributed by atoms with Gasteiger partial charge in [-0.3, -0.25) is 0 Å². The molecule has 0 aromatic carbocycles. The van der Waals surface area contributed by atoms with Crippen LogP contribution >= 0.6 is 11.6 Å². The van der Waals surface area contributed by atoms with E-state index in [2.05, 4.69) is 9.97 Å². The molecule has 1 aromatic rings.